The van der Waals surface area contributed by atoms with Crippen LogP contribution in [0.15, 0.2) is 12.1 Å². The van der Waals surface area contributed by atoms with Crippen LogP contribution in [-0.4, -0.2) is 31.5 Å². The molecule has 1 aromatic rings. The number of carbonyl (C=O) groups excluding carboxylic acids is 3. The van der Waals surface area contributed by atoms with E-state index in [1.165, 1.54) is 18.1 Å². The van der Waals surface area contributed by atoms with Gasteiger partial charge < -0.3 is 10.5 Å². The van der Waals surface area contributed by atoms with Gasteiger partial charge >= 0.3 is 6.03 Å². The van der Waals surface area contributed by atoms with Gasteiger partial charge in [-0.3, -0.25) is 19.8 Å². The number of imide groups is 1. The molecule has 7 heteroatoms. The van der Waals surface area contributed by atoms with E-state index in [0.717, 1.165) is 5.56 Å². The van der Waals surface area contributed by atoms with Crippen molar-refractivity contribution < 1.29 is 19.1 Å². The molecule has 0 aromatic heterocycles. The average molecular weight is 319 g/mol. The smallest absolute Gasteiger partial charge is 0.328 e. The minimum atomic E-state index is -0.636. The largest absolute Gasteiger partial charge is 0.496 e. The second-order valence-corrected chi connectivity index (χ2v) is 6.44. The third kappa shape index (κ3) is 3.28. The summed E-state index contributed by atoms with van der Waals surface area (Å²) >= 11 is 0. The molecule has 0 aliphatic carbocycles. The van der Waals surface area contributed by atoms with Crippen LogP contribution >= 0.6 is 0 Å². The van der Waals surface area contributed by atoms with E-state index in [0.29, 0.717) is 11.4 Å². The molecule has 2 rings (SSSR count). The number of hydrogen-bond acceptors (Lipinski definition) is 4. The number of urea groups is 1. The lowest BCUT2D eigenvalue weighted by molar-refractivity contribution is -0.120. The Morgan fingerprint density at radius 1 is 1.30 bits per heavy atom. The first-order valence-corrected chi connectivity index (χ1v) is 7.29. The fourth-order valence-electron chi connectivity index (χ4n) is 2.54. The molecule has 124 valence electrons. The SMILES string of the molecule is COc1c(C(N)=O)cc(N2CCC(=O)NC2=O)cc1C(C)(C)C. The topological polar surface area (TPSA) is 102 Å². The number of methoxy groups -OCH3 is 1. The van der Waals surface area contributed by atoms with Gasteiger partial charge in [0.05, 0.1) is 12.7 Å². The summed E-state index contributed by atoms with van der Waals surface area (Å²) in [5.41, 5.74) is 6.62. The van der Waals surface area contributed by atoms with E-state index < -0.39 is 11.9 Å². The number of amides is 4. The number of nitrogens with two attached hydrogens (primary N) is 1. The summed E-state index contributed by atoms with van der Waals surface area (Å²) in [7, 11) is 1.48. The van der Waals surface area contributed by atoms with Crippen LogP contribution in [0.25, 0.3) is 0 Å². The highest BCUT2D eigenvalue weighted by atomic mass is 16.5. The van der Waals surface area contributed by atoms with Crippen molar-refractivity contribution in [2.75, 3.05) is 18.6 Å². The van der Waals surface area contributed by atoms with Gasteiger partial charge in [-0.2, -0.15) is 0 Å². The van der Waals surface area contributed by atoms with Crippen molar-refractivity contribution in [3.63, 3.8) is 0 Å². The highest BCUT2D eigenvalue weighted by molar-refractivity contribution is 6.06. The van der Waals surface area contributed by atoms with E-state index in [4.69, 9.17) is 10.5 Å². The zero-order valence-electron chi connectivity index (χ0n) is 13.7. The summed E-state index contributed by atoms with van der Waals surface area (Å²) in [5.74, 6) is -0.545. The summed E-state index contributed by atoms with van der Waals surface area (Å²) in [5, 5.41) is 2.26. The standard InChI is InChI=1S/C16H21N3O4/c1-16(2,3)11-8-9(7-10(14(17)21)13(11)23-4)19-6-5-12(20)18-15(19)22/h7-8H,5-6H2,1-4H3,(H2,17,21)(H,18,20,22). The fraction of sp³-hybridized carbons (Fsp3) is 0.438. The van der Waals surface area contributed by atoms with E-state index in [1.54, 1.807) is 6.07 Å². The molecule has 7 nitrogen and oxygen atoms in total. The number of primary amides is 1. The summed E-state index contributed by atoms with van der Waals surface area (Å²) in [6, 6.07) is 2.80. The Hall–Kier alpha value is -2.57. The maximum atomic E-state index is 12.0. The lowest BCUT2D eigenvalue weighted by Gasteiger charge is -2.30. The van der Waals surface area contributed by atoms with Gasteiger partial charge in [0.25, 0.3) is 5.91 Å². The first-order chi connectivity index (χ1) is 10.6. The van der Waals surface area contributed by atoms with Crippen molar-refractivity contribution in [2.24, 2.45) is 5.73 Å². The maximum absolute atomic E-state index is 12.0. The number of benzene rings is 1. The van der Waals surface area contributed by atoms with Gasteiger partial charge in [-0.05, 0) is 17.5 Å². The zero-order chi connectivity index (χ0) is 17.4. The van der Waals surface area contributed by atoms with Crippen LogP contribution in [0.4, 0.5) is 10.5 Å². The Morgan fingerprint density at radius 2 is 1.96 bits per heavy atom. The molecule has 3 N–H and O–H groups in total. The Labute approximate surface area is 134 Å². The average Bonchev–Trinajstić information content (AvgIpc) is 2.44. The molecule has 1 aromatic carbocycles. The van der Waals surface area contributed by atoms with E-state index in [-0.39, 0.29) is 29.9 Å². The lowest BCUT2D eigenvalue weighted by Crippen LogP contribution is -2.49. The third-order valence-corrected chi connectivity index (χ3v) is 3.72. The van der Waals surface area contributed by atoms with Crippen molar-refractivity contribution in [3.8, 4) is 5.75 Å². The number of ether oxygens (including phenoxy) is 1. The minimum absolute atomic E-state index is 0.203. The predicted molar refractivity (Wildman–Crippen MR) is 85.7 cm³/mol. The van der Waals surface area contributed by atoms with Crippen LogP contribution < -0.4 is 20.7 Å². The Morgan fingerprint density at radius 3 is 2.43 bits per heavy atom. The highest BCUT2D eigenvalue weighted by Gasteiger charge is 2.29. The number of rotatable bonds is 3. The second kappa shape index (κ2) is 5.91. The molecule has 0 spiro atoms. The third-order valence-electron chi connectivity index (χ3n) is 3.72. The Bertz CT molecular complexity index is 677. The van der Waals surface area contributed by atoms with E-state index >= 15 is 0 Å². The second-order valence-electron chi connectivity index (χ2n) is 6.44. The fourth-order valence-corrected chi connectivity index (χ4v) is 2.54. The van der Waals surface area contributed by atoms with Crippen molar-refractivity contribution >= 4 is 23.5 Å². The number of anilines is 1. The van der Waals surface area contributed by atoms with Crippen molar-refractivity contribution in [1.82, 2.24) is 5.32 Å². The van der Waals surface area contributed by atoms with Gasteiger partial charge in [0.2, 0.25) is 5.91 Å². The van der Waals surface area contributed by atoms with Crippen LogP contribution in [0.3, 0.4) is 0 Å². The highest BCUT2D eigenvalue weighted by Crippen LogP contribution is 2.38. The van der Waals surface area contributed by atoms with Crippen LogP contribution in [0, 0.1) is 0 Å². The van der Waals surface area contributed by atoms with Gasteiger partial charge in [-0.15, -0.1) is 0 Å². The maximum Gasteiger partial charge on any atom is 0.328 e. The first-order valence-electron chi connectivity index (χ1n) is 7.29. The van der Waals surface area contributed by atoms with Crippen LogP contribution in [0.5, 0.6) is 5.75 Å². The van der Waals surface area contributed by atoms with Crippen LogP contribution in [-0.2, 0) is 10.2 Å². The van der Waals surface area contributed by atoms with Gasteiger partial charge in [-0.25, -0.2) is 4.79 Å². The molecule has 1 aliphatic rings. The Kier molecular flexibility index (Phi) is 4.31. The molecule has 1 aliphatic heterocycles. The van der Waals surface area contributed by atoms with Gasteiger partial charge in [0, 0.05) is 24.2 Å². The molecule has 1 fully saturated rings. The summed E-state index contributed by atoms with van der Waals surface area (Å²) in [6.45, 7) is 6.16. The van der Waals surface area contributed by atoms with E-state index in [9.17, 15) is 14.4 Å². The van der Waals surface area contributed by atoms with Gasteiger partial charge in [0.15, 0.2) is 0 Å². The minimum Gasteiger partial charge on any atom is -0.496 e. The van der Waals surface area contributed by atoms with Crippen molar-refractivity contribution in [3.05, 3.63) is 23.3 Å². The molecular weight excluding hydrogens is 298 g/mol. The molecule has 1 heterocycles. The summed E-state index contributed by atoms with van der Waals surface area (Å²) in [6.07, 6.45) is 0.203. The molecule has 23 heavy (non-hydrogen) atoms. The van der Waals surface area contributed by atoms with E-state index in [1.807, 2.05) is 20.8 Å². The first kappa shape index (κ1) is 16.8. The molecule has 0 bridgehead atoms. The molecule has 1 saturated heterocycles. The summed E-state index contributed by atoms with van der Waals surface area (Å²) < 4.78 is 5.38. The monoisotopic (exact) mass is 319 g/mol. The number of nitrogens with one attached hydrogen (secondary N) is 1. The molecule has 0 saturated carbocycles. The van der Waals surface area contributed by atoms with Crippen LogP contribution in [0.1, 0.15) is 43.1 Å². The number of nitrogens with zero attached hydrogens (tertiary/aromatic N) is 1. The van der Waals surface area contributed by atoms with E-state index in [2.05, 4.69) is 5.32 Å². The van der Waals surface area contributed by atoms with Gasteiger partial charge in [-0.1, -0.05) is 20.8 Å². The molecule has 4 amide bonds. The molecular formula is C16H21N3O4. The zero-order valence-corrected chi connectivity index (χ0v) is 13.7. The van der Waals surface area contributed by atoms with Crippen molar-refractivity contribution in [2.45, 2.75) is 32.6 Å². The summed E-state index contributed by atoms with van der Waals surface area (Å²) in [4.78, 5) is 36.6. The number of hydrogen-bond donors (Lipinski definition) is 2. The normalized spacial score (nSPS) is 15.4. The molecule has 0 atom stereocenters. The van der Waals surface area contributed by atoms with Crippen LogP contribution in [0.2, 0.25) is 0 Å². The quantitative estimate of drug-likeness (QED) is 0.882. The van der Waals surface area contributed by atoms with Crippen molar-refractivity contribution in [1.29, 1.82) is 0 Å². The van der Waals surface area contributed by atoms with Gasteiger partial charge in [0.1, 0.15) is 5.75 Å². The predicted octanol–water partition coefficient (Wildman–Crippen LogP) is 1.54. The molecule has 0 unspecified atom stereocenters. The number of carbonyl (C=O) groups is 3. The molecule has 0 radical (unpaired) electrons. The Balaban J connectivity index is 2.61. The lowest BCUT2D eigenvalue weighted by atomic mass is 9.84.